The van der Waals surface area contributed by atoms with Crippen LogP contribution in [0, 0.1) is 0 Å². The van der Waals surface area contributed by atoms with Gasteiger partial charge in [-0.3, -0.25) is 0 Å². The number of anilines is 2. The number of aliphatic hydroxyl groups excluding tert-OH is 1. The number of nitrogens with zero attached hydrogens (tertiary/aromatic N) is 3. The highest BCUT2D eigenvalue weighted by Gasteiger charge is 2.26. The summed E-state index contributed by atoms with van der Waals surface area (Å²) in [5.74, 6) is 1.92. The van der Waals surface area contributed by atoms with Crippen LogP contribution in [0.15, 0.2) is 42.5 Å². The zero-order chi connectivity index (χ0) is 28.5. The summed E-state index contributed by atoms with van der Waals surface area (Å²) in [5, 5.41) is 15.9. The minimum atomic E-state index is 0.0987. The third-order valence-electron chi connectivity index (χ3n) is 7.43. The number of hydrogen-bond donors (Lipinski definition) is 4. The molecule has 0 aliphatic carbocycles. The maximum absolute atomic E-state index is 7.57. The van der Waals surface area contributed by atoms with Gasteiger partial charge in [0, 0.05) is 49.4 Å². The molecule has 9 nitrogen and oxygen atoms in total. The van der Waals surface area contributed by atoms with Crippen molar-refractivity contribution in [3.63, 3.8) is 0 Å². The van der Waals surface area contributed by atoms with Crippen molar-refractivity contribution in [2.45, 2.75) is 65.1 Å². The Kier molecular flexibility index (Phi) is 10.2. The summed E-state index contributed by atoms with van der Waals surface area (Å²) in [4.78, 5) is 9.26. The fourth-order valence-corrected chi connectivity index (χ4v) is 5.17. The number of nitrogens with two attached hydrogens (primary N) is 1. The number of para-hydroxylation sites is 1. The van der Waals surface area contributed by atoms with Crippen LogP contribution in [0.5, 0.6) is 5.75 Å². The average Bonchev–Trinajstić information content (AvgIpc) is 3.26. The molecule has 0 bridgehead atoms. The first kappa shape index (κ1) is 29.6. The van der Waals surface area contributed by atoms with E-state index >= 15 is 0 Å². The highest BCUT2D eigenvalue weighted by molar-refractivity contribution is 6.09. The number of nitrogen functional groups attached to an aromatic ring is 1. The van der Waals surface area contributed by atoms with Crippen LogP contribution in [0.25, 0.3) is 21.9 Å². The summed E-state index contributed by atoms with van der Waals surface area (Å²) < 4.78 is 13.6. The molecule has 0 radical (unpaired) electrons. The molecule has 0 saturated carbocycles. The van der Waals surface area contributed by atoms with E-state index < -0.39 is 0 Å². The van der Waals surface area contributed by atoms with Crippen molar-refractivity contribution in [2.75, 3.05) is 44.5 Å². The maximum atomic E-state index is 7.57. The molecule has 1 aliphatic heterocycles. The Morgan fingerprint density at radius 2 is 1.88 bits per heavy atom. The quantitative estimate of drug-likeness (QED) is 0.202. The lowest BCUT2D eigenvalue weighted by Crippen LogP contribution is -2.46. The van der Waals surface area contributed by atoms with Crippen molar-refractivity contribution in [3.05, 3.63) is 53.6 Å². The first-order valence-electron chi connectivity index (χ1n) is 14.3. The van der Waals surface area contributed by atoms with Crippen molar-refractivity contribution in [1.82, 2.24) is 19.9 Å². The number of aliphatic hydroxyl groups is 1. The lowest BCUT2D eigenvalue weighted by atomic mass is 9.92. The molecule has 40 heavy (non-hydrogen) atoms. The number of methoxy groups -OCH3 is 1. The molecule has 0 unspecified atom stereocenters. The molecule has 9 heteroatoms. The molecule has 3 heterocycles. The van der Waals surface area contributed by atoms with E-state index in [1.807, 2.05) is 6.07 Å². The van der Waals surface area contributed by atoms with Crippen molar-refractivity contribution >= 4 is 33.7 Å². The average molecular weight is 549 g/mol. The highest BCUT2D eigenvalue weighted by Crippen LogP contribution is 2.34. The van der Waals surface area contributed by atoms with E-state index in [9.17, 15) is 0 Å². The topological polar surface area (TPSA) is 119 Å². The summed E-state index contributed by atoms with van der Waals surface area (Å²) in [6.45, 7) is 10.3. The number of fused-ring (bicyclic) bond motifs is 3. The Hall–Kier alpha value is -3.40. The second-order valence-electron chi connectivity index (χ2n) is 10.5. The van der Waals surface area contributed by atoms with Gasteiger partial charge in [0.2, 0.25) is 5.95 Å². The van der Waals surface area contributed by atoms with Crippen LogP contribution in [0.3, 0.4) is 0 Å². The van der Waals surface area contributed by atoms with Gasteiger partial charge in [0.15, 0.2) is 5.82 Å². The largest absolute Gasteiger partial charge is 0.496 e. The second-order valence-corrected chi connectivity index (χ2v) is 10.5. The van der Waals surface area contributed by atoms with Gasteiger partial charge in [-0.1, -0.05) is 37.6 Å². The van der Waals surface area contributed by atoms with Crippen molar-refractivity contribution in [3.8, 4) is 5.75 Å². The predicted octanol–water partition coefficient (Wildman–Crippen LogP) is 5.09. The van der Waals surface area contributed by atoms with Crippen molar-refractivity contribution in [1.29, 1.82) is 0 Å². The SMILES string of the molecule is CCCCNc1nc(N)nc2c3ccccc3n(Cc3cc(CNC4(C)CCOCC4)ccc3OC)c12.CCO. The Morgan fingerprint density at radius 1 is 1.12 bits per heavy atom. The van der Waals surface area contributed by atoms with E-state index in [1.54, 1.807) is 14.0 Å². The predicted molar refractivity (Wildman–Crippen MR) is 163 cm³/mol. The van der Waals surface area contributed by atoms with Gasteiger partial charge in [-0.15, -0.1) is 0 Å². The number of hydrogen-bond acceptors (Lipinski definition) is 8. The molecule has 1 fully saturated rings. The van der Waals surface area contributed by atoms with E-state index in [1.165, 1.54) is 5.56 Å². The molecule has 2 aromatic carbocycles. The molecular formula is C31H44N6O3. The lowest BCUT2D eigenvalue weighted by molar-refractivity contribution is 0.0446. The van der Waals surface area contributed by atoms with Gasteiger partial charge in [0.05, 0.1) is 19.2 Å². The van der Waals surface area contributed by atoms with E-state index in [-0.39, 0.29) is 18.1 Å². The standard InChI is InChI=1S/C29H38N6O2.C2H6O/c1-4-5-14-31-27-26-25(33-28(30)34-27)22-8-6-7-9-23(22)35(26)19-21-17-20(10-11-24(21)36-3)18-32-29(2)12-15-37-16-13-29;1-2-3/h6-11,17,32H,4-5,12-16,18-19H2,1-3H3,(H3,30,31,33,34);3H,2H2,1H3. The van der Waals surface area contributed by atoms with Gasteiger partial charge < -0.3 is 35.5 Å². The zero-order valence-corrected chi connectivity index (χ0v) is 24.3. The number of benzene rings is 2. The molecular weight excluding hydrogens is 504 g/mol. The van der Waals surface area contributed by atoms with Crippen LogP contribution in [0.4, 0.5) is 11.8 Å². The molecule has 1 aliphatic rings. The molecule has 5 N–H and O–H groups in total. The number of ether oxygens (including phenoxy) is 2. The minimum Gasteiger partial charge on any atom is -0.496 e. The van der Waals surface area contributed by atoms with E-state index in [0.717, 1.165) is 91.1 Å². The first-order valence-corrected chi connectivity index (χ1v) is 14.3. The van der Waals surface area contributed by atoms with Crippen LogP contribution in [-0.4, -0.2) is 58.7 Å². The summed E-state index contributed by atoms with van der Waals surface area (Å²) in [6, 6.07) is 14.8. The smallest absolute Gasteiger partial charge is 0.222 e. The van der Waals surface area contributed by atoms with Crippen LogP contribution < -0.4 is 21.1 Å². The van der Waals surface area contributed by atoms with Gasteiger partial charge in [-0.25, -0.2) is 4.98 Å². The summed E-state index contributed by atoms with van der Waals surface area (Å²) in [6.07, 6.45) is 4.20. The molecule has 0 spiro atoms. The molecule has 4 aromatic rings. The molecule has 0 atom stereocenters. The maximum Gasteiger partial charge on any atom is 0.222 e. The van der Waals surface area contributed by atoms with Gasteiger partial charge in [0.1, 0.15) is 16.8 Å². The molecule has 0 amide bonds. The van der Waals surface area contributed by atoms with Crippen LogP contribution in [0.1, 0.15) is 57.6 Å². The van der Waals surface area contributed by atoms with Crippen molar-refractivity contribution in [2.24, 2.45) is 0 Å². The molecule has 2 aromatic heterocycles. The number of unbranched alkanes of at least 4 members (excludes halogenated alkanes) is 1. The van der Waals surface area contributed by atoms with E-state index in [0.29, 0.717) is 6.54 Å². The van der Waals surface area contributed by atoms with Crippen molar-refractivity contribution < 1.29 is 14.6 Å². The summed E-state index contributed by atoms with van der Waals surface area (Å²) >= 11 is 0. The fraction of sp³-hybridized carbons (Fsp3) is 0.484. The highest BCUT2D eigenvalue weighted by atomic mass is 16.5. The zero-order valence-electron chi connectivity index (χ0n) is 24.3. The Labute approximate surface area is 237 Å². The minimum absolute atomic E-state index is 0.0987. The monoisotopic (exact) mass is 548 g/mol. The first-order chi connectivity index (χ1) is 19.4. The van der Waals surface area contributed by atoms with Gasteiger partial charge in [0.25, 0.3) is 0 Å². The third-order valence-corrected chi connectivity index (χ3v) is 7.43. The van der Waals surface area contributed by atoms with Crippen LogP contribution >= 0.6 is 0 Å². The molecule has 5 rings (SSSR count). The van der Waals surface area contributed by atoms with Crippen LogP contribution in [0.2, 0.25) is 0 Å². The van der Waals surface area contributed by atoms with E-state index in [4.69, 9.17) is 20.3 Å². The number of rotatable bonds is 10. The van der Waals surface area contributed by atoms with E-state index in [2.05, 4.69) is 75.4 Å². The third kappa shape index (κ3) is 6.83. The summed E-state index contributed by atoms with van der Waals surface area (Å²) in [7, 11) is 1.73. The Morgan fingerprint density at radius 3 is 2.60 bits per heavy atom. The Bertz CT molecular complexity index is 1400. The van der Waals surface area contributed by atoms with Crippen LogP contribution in [-0.2, 0) is 17.8 Å². The normalized spacial score (nSPS) is 14.6. The van der Waals surface area contributed by atoms with Gasteiger partial charge in [-0.05, 0) is 56.9 Å². The lowest BCUT2D eigenvalue weighted by Gasteiger charge is -2.34. The second kappa shape index (κ2) is 13.8. The number of nitrogens with one attached hydrogen (secondary N) is 2. The molecule has 216 valence electrons. The van der Waals surface area contributed by atoms with Gasteiger partial charge >= 0.3 is 0 Å². The number of aromatic nitrogens is 3. The molecule has 1 saturated heterocycles. The summed E-state index contributed by atoms with van der Waals surface area (Å²) in [5.41, 5.74) is 11.5. The fourth-order valence-electron chi connectivity index (χ4n) is 5.17. The van der Waals surface area contributed by atoms with Gasteiger partial charge in [-0.2, -0.15) is 4.98 Å². The Balaban J connectivity index is 0.00000118.